The number of carbonyl (C=O) groups is 2. The summed E-state index contributed by atoms with van der Waals surface area (Å²) in [6.07, 6.45) is 1.69. The lowest BCUT2D eigenvalue weighted by Gasteiger charge is -2.08. The third-order valence-corrected chi connectivity index (χ3v) is 4.51. The number of aliphatic carboxylic acids is 1. The number of benzene rings is 2. The van der Waals surface area contributed by atoms with E-state index in [4.69, 9.17) is 15.6 Å². The molecule has 8 heteroatoms. The maximum Gasteiger partial charge on any atom is 0.345 e. The van der Waals surface area contributed by atoms with E-state index in [9.17, 15) is 14.7 Å². The highest BCUT2D eigenvalue weighted by atomic mass is 79.9. The fourth-order valence-electron chi connectivity index (χ4n) is 2.50. The first kappa shape index (κ1) is 18.0. The van der Waals surface area contributed by atoms with Crippen LogP contribution in [0.15, 0.2) is 47.1 Å². The van der Waals surface area contributed by atoms with Crippen LogP contribution in [0.3, 0.4) is 0 Å². The van der Waals surface area contributed by atoms with E-state index in [1.165, 1.54) is 12.3 Å². The van der Waals surface area contributed by atoms with Crippen LogP contribution in [0, 0.1) is 0 Å². The predicted molar refractivity (Wildman–Crippen MR) is 98.4 cm³/mol. The van der Waals surface area contributed by atoms with Gasteiger partial charge < -0.3 is 25.7 Å². The number of aromatic hydroxyl groups is 1. The Kier molecular flexibility index (Phi) is 4.97. The van der Waals surface area contributed by atoms with E-state index in [1.807, 2.05) is 0 Å². The summed E-state index contributed by atoms with van der Waals surface area (Å²) in [7, 11) is 0. The molecular formula is C18H15BrN2O5. The molecule has 0 aliphatic heterocycles. The third kappa shape index (κ3) is 3.71. The second kappa shape index (κ2) is 7.19. The van der Waals surface area contributed by atoms with Crippen LogP contribution in [-0.4, -0.2) is 33.2 Å². The quantitative estimate of drug-likeness (QED) is 0.372. The van der Waals surface area contributed by atoms with Gasteiger partial charge in [0, 0.05) is 17.1 Å². The summed E-state index contributed by atoms with van der Waals surface area (Å²) in [6, 6.07) is 8.62. The molecule has 0 bridgehead atoms. The predicted octanol–water partition coefficient (Wildman–Crippen LogP) is 2.81. The second-order valence-corrected chi connectivity index (χ2v) is 6.59. The van der Waals surface area contributed by atoms with Gasteiger partial charge in [-0.05, 0) is 52.2 Å². The molecular weight excluding hydrogens is 404 g/mol. The van der Waals surface area contributed by atoms with Crippen molar-refractivity contribution in [1.29, 1.82) is 0 Å². The number of halogens is 1. The summed E-state index contributed by atoms with van der Waals surface area (Å²) in [4.78, 5) is 26.1. The maximum atomic E-state index is 12.4. The van der Waals surface area contributed by atoms with Crippen LogP contribution in [0.1, 0.15) is 15.9 Å². The standard InChI is InChI=1S/C18H15BrN2O5/c19-13-7-15-11(6-16(13)22)12(8-21-15)18(25)26-10-3-1-9(2-4-10)5-14(20)17(23)24/h1-4,6-8,14,21-22H,5,20H2,(H,23,24)/t14-/m0/s1. The number of aromatic nitrogens is 1. The molecule has 0 saturated heterocycles. The van der Waals surface area contributed by atoms with Crippen molar-refractivity contribution in [1.82, 2.24) is 4.98 Å². The molecule has 5 N–H and O–H groups in total. The topological polar surface area (TPSA) is 126 Å². The van der Waals surface area contributed by atoms with Crippen LogP contribution in [0.5, 0.6) is 11.5 Å². The number of rotatable bonds is 5. The molecule has 3 rings (SSSR count). The number of carboxylic acid groups (broad SMARTS) is 1. The minimum absolute atomic E-state index is 0.0188. The monoisotopic (exact) mass is 418 g/mol. The van der Waals surface area contributed by atoms with E-state index in [0.29, 0.717) is 26.7 Å². The molecule has 0 aliphatic rings. The lowest BCUT2D eigenvalue weighted by molar-refractivity contribution is -0.138. The molecule has 26 heavy (non-hydrogen) atoms. The molecule has 0 amide bonds. The van der Waals surface area contributed by atoms with E-state index in [2.05, 4.69) is 20.9 Å². The van der Waals surface area contributed by atoms with Crippen LogP contribution >= 0.6 is 15.9 Å². The van der Waals surface area contributed by atoms with E-state index in [1.54, 1.807) is 30.3 Å². The van der Waals surface area contributed by atoms with Gasteiger partial charge in [0.25, 0.3) is 0 Å². The molecule has 1 heterocycles. The first-order valence-electron chi connectivity index (χ1n) is 7.64. The maximum absolute atomic E-state index is 12.4. The largest absolute Gasteiger partial charge is 0.507 e. The molecule has 1 atom stereocenters. The van der Waals surface area contributed by atoms with E-state index in [0.717, 1.165) is 5.56 Å². The van der Waals surface area contributed by atoms with Gasteiger partial charge in [-0.2, -0.15) is 0 Å². The summed E-state index contributed by atoms with van der Waals surface area (Å²) < 4.78 is 5.86. The number of carboxylic acids is 1. The van der Waals surface area contributed by atoms with Crippen LogP contribution in [0.4, 0.5) is 0 Å². The molecule has 2 aromatic carbocycles. The smallest absolute Gasteiger partial charge is 0.345 e. The first-order chi connectivity index (χ1) is 12.3. The average Bonchev–Trinajstić information content (AvgIpc) is 2.99. The Bertz CT molecular complexity index is 981. The summed E-state index contributed by atoms with van der Waals surface area (Å²) >= 11 is 3.22. The fraction of sp³-hybridized carbons (Fsp3) is 0.111. The molecule has 7 nitrogen and oxygen atoms in total. The van der Waals surface area contributed by atoms with Crippen molar-refractivity contribution in [3.8, 4) is 11.5 Å². The van der Waals surface area contributed by atoms with Gasteiger partial charge in [-0.3, -0.25) is 4.79 Å². The number of aromatic amines is 1. The number of nitrogens with one attached hydrogen (secondary N) is 1. The zero-order chi connectivity index (χ0) is 18.8. The Labute approximate surface area is 156 Å². The van der Waals surface area contributed by atoms with Crippen molar-refractivity contribution in [2.75, 3.05) is 0 Å². The molecule has 3 aromatic rings. The van der Waals surface area contributed by atoms with Gasteiger partial charge in [-0.1, -0.05) is 12.1 Å². The fourth-order valence-corrected chi connectivity index (χ4v) is 2.84. The zero-order valence-electron chi connectivity index (χ0n) is 13.4. The molecule has 0 aliphatic carbocycles. The van der Waals surface area contributed by atoms with Crippen molar-refractivity contribution in [2.24, 2.45) is 5.73 Å². The highest BCUT2D eigenvalue weighted by Gasteiger charge is 2.17. The van der Waals surface area contributed by atoms with E-state index >= 15 is 0 Å². The Morgan fingerprint density at radius 1 is 1.23 bits per heavy atom. The van der Waals surface area contributed by atoms with Gasteiger partial charge in [-0.25, -0.2) is 4.79 Å². The van der Waals surface area contributed by atoms with Gasteiger partial charge in [0.05, 0.1) is 10.0 Å². The Morgan fingerprint density at radius 2 is 1.92 bits per heavy atom. The number of phenols is 1. The average molecular weight is 419 g/mol. The van der Waals surface area contributed by atoms with Gasteiger partial charge >= 0.3 is 11.9 Å². The summed E-state index contributed by atoms with van der Waals surface area (Å²) in [5, 5.41) is 19.2. The second-order valence-electron chi connectivity index (χ2n) is 5.73. The summed E-state index contributed by atoms with van der Waals surface area (Å²) in [6.45, 7) is 0. The summed E-state index contributed by atoms with van der Waals surface area (Å²) in [5.74, 6) is -1.31. The molecule has 1 aromatic heterocycles. The van der Waals surface area contributed by atoms with Crippen molar-refractivity contribution in [3.05, 3.63) is 58.2 Å². The highest BCUT2D eigenvalue weighted by molar-refractivity contribution is 9.10. The van der Waals surface area contributed by atoms with Crippen molar-refractivity contribution in [2.45, 2.75) is 12.5 Å². The van der Waals surface area contributed by atoms with E-state index in [-0.39, 0.29) is 12.2 Å². The molecule has 0 saturated carbocycles. The Hall–Kier alpha value is -2.84. The van der Waals surface area contributed by atoms with Crippen LogP contribution in [0.2, 0.25) is 0 Å². The number of esters is 1. The van der Waals surface area contributed by atoms with Crippen LogP contribution in [-0.2, 0) is 11.2 Å². The highest BCUT2D eigenvalue weighted by Crippen LogP contribution is 2.31. The number of ether oxygens (including phenoxy) is 1. The van der Waals surface area contributed by atoms with Crippen LogP contribution < -0.4 is 10.5 Å². The lowest BCUT2D eigenvalue weighted by Crippen LogP contribution is -2.32. The minimum atomic E-state index is -1.07. The molecule has 0 unspecified atom stereocenters. The number of phenolic OH excluding ortho intramolecular Hbond substituents is 1. The molecule has 0 spiro atoms. The number of fused-ring (bicyclic) bond motifs is 1. The lowest BCUT2D eigenvalue weighted by atomic mass is 10.1. The van der Waals surface area contributed by atoms with Crippen molar-refractivity contribution in [3.63, 3.8) is 0 Å². The van der Waals surface area contributed by atoms with Gasteiger partial charge in [-0.15, -0.1) is 0 Å². The van der Waals surface area contributed by atoms with Gasteiger partial charge in [0.15, 0.2) is 0 Å². The van der Waals surface area contributed by atoms with Crippen molar-refractivity contribution < 1.29 is 24.5 Å². The van der Waals surface area contributed by atoms with Crippen molar-refractivity contribution >= 4 is 38.8 Å². The zero-order valence-corrected chi connectivity index (χ0v) is 15.0. The van der Waals surface area contributed by atoms with Crippen LogP contribution in [0.25, 0.3) is 10.9 Å². The molecule has 0 fully saturated rings. The molecule has 0 radical (unpaired) electrons. The Morgan fingerprint density at radius 3 is 2.58 bits per heavy atom. The Balaban J connectivity index is 1.76. The number of hydrogen-bond donors (Lipinski definition) is 4. The van der Waals surface area contributed by atoms with Gasteiger partial charge in [0.1, 0.15) is 17.5 Å². The minimum Gasteiger partial charge on any atom is -0.507 e. The SMILES string of the molecule is N[C@@H](Cc1ccc(OC(=O)c2c[nH]c3cc(Br)c(O)cc23)cc1)C(=O)O. The third-order valence-electron chi connectivity index (χ3n) is 3.88. The van der Waals surface area contributed by atoms with E-state index < -0.39 is 18.0 Å². The van der Waals surface area contributed by atoms with Gasteiger partial charge in [0.2, 0.25) is 0 Å². The number of hydrogen-bond acceptors (Lipinski definition) is 5. The summed E-state index contributed by atoms with van der Waals surface area (Å²) in [5.41, 5.74) is 7.19. The molecule has 134 valence electrons. The number of carbonyl (C=O) groups excluding carboxylic acids is 1. The normalized spacial score (nSPS) is 12.1. The number of H-pyrrole nitrogens is 1. The number of nitrogens with two attached hydrogens (primary N) is 1. The first-order valence-corrected chi connectivity index (χ1v) is 8.43.